The highest BCUT2D eigenvalue weighted by Gasteiger charge is 2.29. The minimum Gasteiger partial charge on any atom is -0.324 e. The van der Waals surface area contributed by atoms with E-state index in [4.69, 9.17) is 34.8 Å². The van der Waals surface area contributed by atoms with Gasteiger partial charge in [-0.3, -0.25) is 13.8 Å². The molecular weight excluding hydrogens is 557 g/mol. The summed E-state index contributed by atoms with van der Waals surface area (Å²) < 4.78 is 53.5. The summed E-state index contributed by atoms with van der Waals surface area (Å²) in [5, 5.41) is 3.27. The second-order valence-electron chi connectivity index (χ2n) is 7.43. The van der Waals surface area contributed by atoms with Crippen molar-refractivity contribution in [3.63, 3.8) is 0 Å². The van der Waals surface area contributed by atoms with E-state index in [0.717, 1.165) is 10.6 Å². The second-order valence-corrected chi connectivity index (χ2v) is 12.2. The summed E-state index contributed by atoms with van der Waals surface area (Å²) in [7, 11) is -7.80. The molecule has 3 aromatic carbocycles. The summed E-state index contributed by atoms with van der Waals surface area (Å²) in [5.74, 6) is -0.621. The average molecular weight is 577 g/mol. The number of rotatable bonds is 8. The molecule has 35 heavy (non-hydrogen) atoms. The Hall–Kier alpha value is -2.50. The monoisotopic (exact) mass is 575 g/mol. The lowest BCUT2D eigenvalue weighted by atomic mass is 10.2. The molecule has 1 atom stereocenters. The van der Waals surface area contributed by atoms with Gasteiger partial charge in [-0.1, -0.05) is 40.9 Å². The topological polar surface area (TPSA) is 113 Å². The van der Waals surface area contributed by atoms with E-state index < -0.39 is 32.0 Å². The Morgan fingerprint density at radius 3 is 2.06 bits per heavy atom. The molecule has 0 radical (unpaired) electrons. The predicted molar refractivity (Wildman–Crippen MR) is 141 cm³/mol. The molecule has 186 valence electrons. The van der Waals surface area contributed by atoms with E-state index >= 15 is 0 Å². The third-order valence-corrected chi connectivity index (χ3v) is 8.49. The first-order valence-corrected chi connectivity index (χ1v) is 14.4. The summed E-state index contributed by atoms with van der Waals surface area (Å²) in [6.07, 6.45) is 0.990. The zero-order valence-corrected chi connectivity index (χ0v) is 22.3. The molecule has 0 bridgehead atoms. The van der Waals surface area contributed by atoms with Crippen LogP contribution in [-0.4, -0.2) is 35.0 Å². The van der Waals surface area contributed by atoms with Crippen molar-refractivity contribution in [2.24, 2.45) is 0 Å². The molecule has 13 heteroatoms. The van der Waals surface area contributed by atoms with Gasteiger partial charge in [-0.25, -0.2) is 16.8 Å². The number of halogens is 3. The highest BCUT2D eigenvalue weighted by atomic mass is 35.5. The number of hydrogen-bond acceptors (Lipinski definition) is 5. The Bertz CT molecular complexity index is 1450. The average Bonchev–Trinajstić information content (AvgIpc) is 2.77. The van der Waals surface area contributed by atoms with Crippen LogP contribution in [0.1, 0.15) is 6.92 Å². The van der Waals surface area contributed by atoms with Crippen molar-refractivity contribution in [2.75, 3.05) is 20.6 Å². The third kappa shape index (κ3) is 6.59. The molecule has 0 spiro atoms. The number of anilines is 3. The number of hydrogen-bond donors (Lipinski definition) is 2. The Morgan fingerprint density at radius 1 is 0.886 bits per heavy atom. The van der Waals surface area contributed by atoms with Crippen molar-refractivity contribution in [2.45, 2.75) is 17.9 Å². The van der Waals surface area contributed by atoms with E-state index in [2.05, 4.69) is 10.0 Å². The Kier molecular flexibility index (Phi) is 8.23. The second kappa shape index (κ2) is 10.6. The van der Waals surface area contributed by atoms with Crippen LogP contribution in [0.2, 0.25) is 15.1 Å². The molecule has 0 saturated heterocycles. The van der Waals surface area contributed by atoms with Crippen LogP contribution in [0.15, 0.2) is 71.6 Å². The largest absolute Gasteiger partial charge is 0.324 e. The lowest BCUT2D eigenvalue weighted by Gasteiger charge is -2.28. The molecule has 0 saturated carbocycles. The molecule has 0 aliphatic carbocycles. The number of nitrogens with zero attached hydrogens (tertiary/aromatic N) is 1. The zero-order chi connectivity index (χ0) is 26.0. The van der Waals surface area contributed by atoms with Crippen LogP contribution in [0.25, 0.3) is 0 Å². The van der Waals surface area contributed by atoms with Gasteiger partial charge < -0.3 is 5.32 Å². The summed E-state index contributed by atoms with van der Waals surface area (Å²) in [4.78, 5) is 12.7. The standard InChI is InChI=1S/C22H20Cl3N3O5S2/c1-14(28(34(2,30)31)17-10-6-15(23)7-11-17)22(29)26-16-8-12-18(13-9-16)35(32,33)27-20-5-3-4-19(24)21(20)25/h3-14,27H,1-2H3,(H,26,29)/t14-/m0/s1. The van der Waals surface area contributed by atoms with Gasteiger partial charge in [-0.15, -0.1) is 0 Å². The van der Waals surface area contributed by atoms with Gasteiger partial charge in [0.15, 0.2) is 0 Å². The van der Waals surface area contributed by atoms with Crippen LogP contribution in [-0.2, 0) is 24.8 Å². The molecule has 0 aliphatic heterocycles. The minimum absolute atomic E-state index is 0.0618. The molecule has 3 aromatic rings. The van der Waals surface area contributed by atoms with Crippen LogP contribution in [0.4, 0.5) is 17.1 Å². The van der Waals surface area contributed by atoms with Gasteiger partial charge in [0.2, 0.25) is 15.9 Å². The molecule has 3 rings (SSSR count). The number of carbonyl (C=O) groups is 1. The number of sulfonamides is 2. The molecule has 2 N–H and O–H groups in total. The summed E-state index contributed by atoms with van der Waals surface area (Å²) in [6, 6.07) is 14.8. The molecule has 8 nitrogen and oxygen atoms in total. The third-order valence-electron chi connectivity index (χ3n) is 4.80. The Balaban J connectivity index is 1.77. The summed E-state index contributed by atoms with van der Waals surface area (Å²) in [6.45, 7) is 1.43. The van der Waals surface area contributed by atoms with Crippen molar-refractivity contribution < 1.29 is 21.6 Å². The maximum absolute atomic E-state index is 12.8. The number of amides is 1. The van der Waals surface area contributed by atoms with Gasteiger partial charge in [0.25, 0.3) is 10.0 Å². The summed E-state index contributed by atoms with van der Waals surface area (Å²) >= 11 is 17.9. The predicted octanol–water partition coefficient (Wildman–Crippen LogP) is 5.24. The Morgan fingerprint density at radius 2 is 1.49 bits per heavy atom. The van der Waals surface area contributed by atoms with E-state index in [9.17, 15) is 21.6 Å². The molecule has 1 amide bonds. The van der Waals surface area contributed by atoms with Crippen molar-refractivity contribution in [3.8, 4) is 0 Å². The van der Waals surface area contributed by atoms with Crippen molar-refractivity contribution >= 4 is 77.8 Å². The van der Waals surface area contributed by atoms with Crippen molar-refractivity contribution in [1.82, 2.24) is 0 Å². The fourth-order valence-corrected chi connectivity index (χ4v) is 5.92. The number of benzene rings is 3. The van der Waals surface area contributed by atoms with E-state index in [1.165, 1.54) is 67.6 Å². The van der Waals surface area contributed by atoms with Crippen LogP contribution < -0.4 is 14.3 Å². The fraction of sp³-hybridized carbons (Fsp3) is 0.136. The normalized spacial score (nSPS) is 12.6. The highest BCUT2D eigenvalue weighted by Crippen LogP contribution is 2.31. The van der Waals surface area contributed by atoms with Gasteiger partial charge in [0.1, 0.15) is 6.04 Å². The SMILES string of the molecule is C[C@@H](C(=O)Nc1ccc(S(=O)(=O)Nc2cccc(Cl)c2Cl)cc1)N(c1ccc(Cl)cc1)S(C)(=O)=O. The van der Waals surface area contributed by atoms with Gasteiger partial charge in [-0.05, 0) is 67.6 Å². The molecule has 0 heterocycles. The summed E-state index contributed by atoms with van der Waals surface area (Å²) in [5.41, 5.74) is 0.659. The fourth-order valence-electron chi connectivity index (χ4n) is 3.15. The smallest absolute Gasteiger partial charge is 0.261 e. The van der Waals surface area contributed by atoms with Crippen LogP contribution in [0, 0.1) is 0 Å². The van der Waals surface area contributed by atoms with E-state index in [1.54, 1.807) is 6.07 Å². The van der Waals surface area contributed by atoms with Crippen LogP contribution in [0.5, 0.6) is 0 Å². The molecule has 0 fully saturated rings. The van der Waals surface area contributed by atoms with Crippen molar-refractivity contribution in [1.29, 1.82) is 0 Å². The van der Waals surface area contributed by atoms with E-state index in [0.29, 0.717) is 5.02 Å². The van der Waals surface area contributed by atoms with Gasteiger partial charge >= 0.3 is 0 Å². The minimum atomic E-state index is -3.99. The quantitative estimate of drug-likeness (QED) is 0.381. The molecule has 0 aromatic heterocycles. The molecular formula is C22H20Cl3N3O5S2. The first kappa shape index (κ1) is 27.1. The lowest BCUT2D eigenvalue weighted by molar-refractivity contribution is -0.116. The first-order valence-electron chi connectivity index (χ1n) is 9.92. The lowest BCUT2D eigenvalue weighted by Crippen LogP contribution is -2.45. The van der Waals surface area contributed by atoms with E-state index in [-0.39, 0.29) is 32.0 Å². The molecule has 0 unspecified atom stereocenters. The van der Waals surface area contributed by atoms with Gasteiger partial charge in [0, 0.05) is 10.7 Å². The Labute approximate surface area is 218 Å². The van der Waals surface area contributed by atoms with E-state index in [1.807, 2.05) is 0 Å². The van der Waals surface area contributed by atoms with Crippen molar-refractivity contribution in [3.05, 3.63) is 81.8 Å². The number of carbonyl (C=O) groups excluding carboxylic acids is 1. The van der Waals surface area contributed by atoms with Crippen LogP contribution in [0.3, 0.4) is 0 Å². The molecule has 0 aliphatic rings. The van der Waals surface area contributed by atoms with Crippen LogP contribution >= 0.6 is 34.8 Å². The highest BCUT2D eigenvalue weighted by molar-refractivity contribution is 7.92. The maximum atomic E-state index is 12.8. The first-order chi connectivity index (χ1) is 16.3. The maximum Gasteiger partial charge on any atom is 0.261 e. The zero-order valence-electron chi connectivity index (χ0n) is 18.4. The number of nitrogens with one attached hydrogen (secondary N) is 2. The van der Waals surface area contributed by atoms with Gasteiger partial charge in [0.05, 0.1) is 32.6 Å². The van der Waals surface area contributed by atoms with Gasteiger partial charge in [-0.2, -0.15) is 0 Å².